The minimum absolute atomic E-state index is 0.0679. The molecule has 0 saturated carbocycles. The third-order valence-corrected chi connectivity index (χ3v) is 9.70. The van der Waals surface area contributed by atoms with Crippen molar-refractivity contribution in [2.45, 2.75) is 0 Å². The normalized spacial score (nSPS) is 40.2. The number of nitrogens with zero attached hydrogens (tertiary/aromatic N) is 3. The Bertz CT molecular complexity index is 266. The second-order valence-corrected chi connectivity index (χ2v) is 10.8. The third kappa shape index (κ3) is 5.07. The molecule has 0 spiro atoms. The second-order valence-electron chi connectivity index (χ2n) is 1.27. The summed E-state index contributed by atoms with van der Waals surface area (Å²) < 4.78 is 51.3. The van der Waals surface area contributed by atoms with Crippen LogP contribution in [0.3, 0.4) is 0 Å². The van der Waals surface area contributed by atoms with E-state index in [1.807, 2.05) is 0 Å². The van der Waals surface area contributed by atoms with Crippen LogP contribution in [0.4, 0.5) is 17.5 Å². The highest BCUT2D eigenvalue weighted by atomic mass is 79.9. The SMILES string of the molecule is FF.FP1(Br)=NP=NP(F)(Br)=N1. The van der Waals surface area contributed by atoms with Crippen LogP contribution in [0.25, 0.3) is 0 Å². The molecule has 12 heteroatoms. The van der Waals surface area contributed by atoms with Gasteiger partial charge in [-0.25, -0.2) is 0 Å². The molecule has 1 heterocycles. The van der Waals surface area contributed by atoms with Crippen LogP contribution in [0, 0.1) is 0 Å². The zero-order chi connectivity index (χ0) is 9.83. The Morgan fingerprint density at radius 3 is 1.83 bits per heavy atom. The smallest absolute Gasteiger partial charge is 0.170 e. The topological polar surface area (TPSA) is 37.1 Å². The molecular formula is Br2F4N3P3. The molecule has 1 aliphatic heterocycles. The largest absolute Gasteiger partial charge is 0.316 e. The number of rotatable bonds is 0. The summed E-state index contributed by atoms with van der Waals surface area (Å²) in [5.74, 6) is 0. The molecule has 1 rings (SSSR count). The fourth-order valence-corrected chi connectivity index (χ4v) is 9.72. The van der Waals surface area contributed by atoms with Gasteiger partial charge in [-0.2, -0.15) is 21.9 Å². The molecular weight excluding hydrogens is 371 g/mol. The Labute approximate surface area is 83.1 Å². The molecule has 72 valence electrons. The van der Waals surface area contributed by atoms with E-state index in [4.69, 9.17) is 9.15 Å². The minimum atomic E-state index is -3.37. The van der Waals surface area contributed by atoms with Crippen molar-refractivity contribution >= 4 is 51.9 Å². The quantitative estimate of drug-likeness (QED) is 0.344. The maximum absolute atomic E-state index is 12.8. The predicted molar refractivity (Wildman–Crippen MR) is 50.3 cm³/mol. The van der Waals surface area contributed by atoms with Crippen molar-refractivity contribution in [3.63, 3.8) is 0 Å². The molecule has 0 saturated heterocycles. The lowest BCUT2D eigenvalue weighted by Gasteiger charge is -2.06. The van der Waals surface area contributed by atoms with E-state index in [-0.39, 0.29) is 8.52 Å². The van der Waals surface area contributed by atoms with Gasteiger partial charge in [0.25, 0.3) is 0 Å². The Balaban J connectivity index is 0.000000561. The first kappa shape index (κ1) is 13.2. The summed E-state index contributed by atoms with van der Waals surface area (Å²) in [5.41, 5.74) is 0. The van der Waals surface area contributed by atoms with Crippen molar-refractivity contribution in [1.82, 2.24) is 0 Å². The van der Waals surface area contributed by atoms with Crippen LogP contribution < -0.4 is 0 Å². The van der Waals surface area contributed by atoms with E-state index in [9.17, 15) is 8.39 Å². The minimum Gasteiger partial charge on any atom is -0.170 e. The first-order chi connectivity index (χ1) is 5.41. The lowest BCUT2D eigenvalue weighted by atomic mass is 13.8. The van der Waals surface area contributed by atoms with Crippen LogP contribution in [0.2, 0.25) is 0 Å². The Morgan fingerprint density at radius 2 is 1.58 bits per heavy atom. The van der Waals surface area contributed by atoms with Gasteiger partial charge in [0.05, 0.1) is 0 Å². The summed E-state index contributed by atoms with van der Waals surface area (Å²) in [6, 6.07) is 0. The lowest BCUT2D eigenvalue weighted by molar-refractivity contribution is 0.108. The van der Waals surface area contributed by atoms with Crippen LogP contribution in [0.5, 0.6) is 0 Å². The fraction of sp³-hybridized carbons (Fsp3) is 0. The number of hydrogen-bond acceptors (Lipinski definition) is 3. The highest BCUT2D eigenvalue weighted by Gasteiger charge is 2.23. The van der Waals surface area contributed by atoms with E-state index >= 15 is 0 Å². The van der Waals surface area contributed by atoms with Gasteiger partial charge in [0.1, 0.15) is 0 Å². The summed E-state index contributed by atoms with van der Waals surface area (Å²) in [6.45, 7) is 0. The third-order valence-electron chi connectivity index (χ3n) is 0.510. The molecule has 0 radical (unpaired) electrons. The van der Waals surface area contributed by atoms with Crippen molar-refractivity contribution in [2.75, 3.05) is 0 Å². The maximum Gasteiger partial charge on any atom is 0.316 e. The molecule has 2 atom stereocenters. The van der Waals surface area contributed by atoms with Gasteiger partial charge >= 0.3 is 12.4 Å². The molecule has 1 aliphatic rings. The molecule has 0 N–H and O–H groups in total. The van der Waals surface area contributed by atoms with E-state index < -0.39 is 12.4 Å². The number of halogens is 6. The Kier molecular flexibility index (Phi) is 5.74. The second kappa shape index (κ2) is 5.20. The first-order valence-corrected chi connectivity index (χ1v) is 10.0. The highest BCUT2D eigenvalue weighted by molar-refractivity contribution is 9.42. The molecule has 0 fully saturated rings. The van der Waals surface area contributed by atoms with Crippen molar-refractivity contribution in [3.8, 4) is 0 Å². The molecule has 12 heavy (non-hydrogen) atoms. The van der Waals surface area contributed by atoms with Crippen LogP contribution in [-0.4, -0.2) is 0 Å². The Morgan fingerprint density at radius 1 is 1.08 bits per heavy atom. The maximum atomic E-state index is 12.8. The van der Waals surface area contributed by atoms with Crippen molar-refractivity contribution in [1.29, 1.82) is 0 Å². The van der Waals surface area contributed by atoms with E-state index in [0.29, 0.717) is 0 Å². The van der Waals surface area contributed by atoms with E-state index in [0.717, 1.165) is 0 Å². The van der Waals surface area contributed by atoms with Crippen LogP contribution in [0.1, 0.15) is 0 Å². The van der Waals surface area contributed by atoms with E-state index in [1.165, 1.54) is 0 Å². The van der Waals surface area contributed by atoms with Gasteiger partial charge in [0.2, 0.25) is 0 Å². The van der Waals surface area contributed by atoms with Crippen LogP contribution in [0.15, 0.2) is 13.5 Å². The van der Waals surface area contributed by atoms with Gasteiger partial charge in [-0.1, -0.05) is 0 Å². The fourth-order valence-electron chi connectivity index (χ4n) is 0.279. The monoisotopic (exact) mass is 369 g/mol. The van der Waals surface area contributed by atoms with Gasteiger partial charge in [-0.15, -0.1) is 0 Å². The molecule has 0 bridgehead atoms. The number of hydrogen-bond donors (Lipinski definition) is 0. The van der Waals surface area contributed by atoms with Crippen molar-refractivity contribution < 1.29 is 17.5 Å². The molecule has 2 unspecified atom stereocenters. The zero-order valence-electron chi connectivity index (χ0n) is 4.95. The Hall–Kier alpha value is 1.24. The van der Waals surface area contributed by atoms with Crippen LogP contribution >= 0.6 is 51.9 Å². The average molecular weight is 371 g/mol. The lowest BCUT2D eigenvalue weighted by Crippen LogP contribution is -1.55. The van der Waals surface area contributed by atoms with Gasteiger partial charge in [-0.3, -0.25) is 0 Å². The van der Waals surface area contributed by atoms with Crippen molar-refractivity contribution in [3.05, 3.63) is 0 Å². The van der Waals surface area contributed by atoms with E-state index in [1.54, 1.807) is 0 Å². The van der Waals surface area contributed by atoms with Gasteiger partial charge in [-0.05, 0) is 0 Å². The summed E-state index contributed by atoms with van der Waals surface area (Å²) in [6.07, 6.45) is -6.75. The molecule has 0 amide bonds. The predicted octanol–water partition coefficient (Wildman–Crippen LogP) is 6.51. The highest BCUT2D eigenvalue weighted by Crippen LogP contribution is 2.78. The zero-order valence-corrected chi connectivity index (χ0v) is 10.8. The summed E-state index contributed by atoms with van der Waals surface area (Å²) in [5, 5.41) is 0. The van der Waals surface area contributed by atoms with Crippen LogP contribution in [-0.2, 0) is 0 Å². The molecule has 0 aliphatic carbocycles. The molecule has 0 aromatic carbocycles. The van der Waals surface area contributed by atoms with Gasteiger partial charge in [0, 0.05) is 40.1 Å². The summed E-state index contributed by atoms with van der Waals surface area (Å²) >= 11 is 5.14. The molecule has 0 aromatic rings. The standard InChI is InChI=1S/Br2F2N3P3.F2/c1-9(3)5-8-6-10(2,4)7-9;1-2. The average Bonchev–Trinajstić information content (AvgIpc) is 1.86. The summed E-state index contributed by atoms with van der Waals surface area (Å²) in [4.78, 5) is 0. The first-order valence-electron chi connectivity index (χ1n) is 2.02. The van der Waals surface area contributed by atoms with Gasteiger partial charge in [0.15, 0.2) is 8.52 Å². The van der Waals surface area contributed by atoms with E-state index in [2.05, 4.69) is 44.5 Å². The summed E-state index contributed by atoms with van der Waals surface area (Å²) in [7, 11) is 0.0679. The molecule has 0 aromatic heterocycles. The van der Waals surface area contributed by atoms with Crippen molar-refractivity contribution in [2.24, 2.45) is 13.5 Å². The molecule has 3 nitrogen and oxygen atoms in total. The van der Waals surface area contributed by atoms with Gasteiger partial charge < -0.3 is 0 Å².